The highest BCUT2D eigenvalue weighted by Crippen LogP contribution is 2.32. The van der Waals surface area contributed by atoms with Gasteiger partial charge in [-0.25, -0.2) is 9.78 Å². The van der Waals surface area contributed by atoms with Crippen LogP contribution in [0.5, 0.6) is 0 Å². The van der Waals surface area contributed by atoms with Gasteiger partial charge in [-0.05, 0) is 30.3 Å². The SMILES string of the molecule is COC(=O)c1cccc(Nc2c(-c3ccc([N+](=O)[O-])cc3)nc3cnccn23)c1. The van der Waals surface area contributed by atoms with Crippen molar-refractivity contribution in [3.8, 4) is 11.3 Å². The highest BCUT2D eigenvalue weighted by atomic mass is 16.6. The molecule has 2 aromatic heterocycles. The summed E-state index contributed by atoms with van der Waals surface area (Å²) in [7, 11) is 1.33. The third kappa shape index (κ3) is 3.48. The molecule has 4 aromatic rings. The van der Waals surface area contributed by atoms with E-state index in [4.69, 9.17) is 4.74 Å². The van der Waals surface area contributed by atoms with Crippen molar-refractivity contribution in [2.75, 3.05) is 12.4 Å². The Hall–Kier alpha value is -4.27. The van der Waals surface area contributed by atoms with Crippen LogP contribution in [0.25, 0.3) is 16.9 Å². The summed E-state index contributed by atoms with van der Waals surface area (Å²) < 4.78 is 6.59. The predicted octanol–water partition coefficient (Wildman–Crippen LogP) is 3.83. The van der Waals surface area contributed by atoms with Crippen LogP contribution in [-0.4, -0.2) is 32.4 Å². The maximum atomic E-state index is 11.8. The number of anilines is 2. The largest absolute Gasteiger partial charge is 0.465 e. The first kappa shape index (κ1) is 18.1. The van der Waals surface area contributed by atoms with Gasteiger partial charge in [-0.15, -0.1) is 0 Å². The van der Waals surface area contributed by atoms with Crippen molar-refractivity contribution in [3.63, 3.8) is 0 Å². The van der Waals surface area contributed by atoms with Crippen molar-refractivity contribution in [2.45, 2.75) is 0 Å². The van der Waals surface area contributed by atoms with E-state index in [1.807, 2.05) is 10.5 Å². The molecular formula is C20H15N5O4. The van der Waals surface area contributed by atoms with Crippen LogP contribution in [0.1, 0.15) is 10.4 Å². The Labute approximate surface area is 164 Å². The first-order valence-corrected chi connectivity index (χ1v) is 8.59. The van der Waals surface area contributed by atoms with Gasteiger partial charge in [0.25, 0.3) is 5.69 Å². The first-order chi connectivity index (χ1) is 14.1. The highest BCUT2D eigenvalue weighted by Gasteiger charge is 2.16. The average molecular weight is 389 g/mol. The zero-order chi connectivity index (χ0) is 20.4. The van der Waals surface area contributed by atoms with Gasteiger partial charge in [-0.3, -0.25) is 19.5 Å². The molecule has 0 aliphatic rings. The van der Waals surface area contributed by atoms with E-state index < -0.39 is 10.9 Å². The van der Waals surface area contributed by atoms with E-state index in [1.54, 1.807) is 48.9 Å². The quantitative estimate of drug-likeness (QED) is 0.313. The van der Waals surface area contributed by atoms with Gasteiger partial charge in [-0.2, -0.15) is 0 Å². The fraction of sp³-hybridized carbons (Fsp3) is 0.0500. The number of non-ortho nitro benzene ring substituents is 1. The normalized spacial score (nSPS) is 10.7. The Morgan fingerprint density at radius 2 is 2.00 bits per heavy atom. The van der Waals surface area contributed by atoms with Crippen molar-refractivity contribution in [3.05, 3.63) is 82.8 Å². The predicted molar refractivity (Wildman–Crippen MR) is 106 cm³/mol. The van der Waals surface area contributed by atoms with Gasteiger partial charge in [0.1, 0.15) is 11.5 Å². The maximum Gasteiger partial charge on any atom is 0.337 e. The number of nitrogens with one attached hydrogen (secondary N) is 1. The van der Waals surface area contributed by atoms with Gasteiger partial charge >= 0.3 is 5.97 Å². The second-order valence-electron chi connectivity index (χ2n) is 6.11. The molecule has 2 aromatic carbocycles. The number of carbonyl (C=O) groups excluding carboxylic acids is 1. The Morgan fingerprint density at radius 3 is 2.72 bits per heavy atom. The van der Waals surface area contributed by atoms with Crippen LogP contribution < -0.4 is 5.32 Å². The number of hydrogen-bond acceptors (Lipinski definition) is 7. The molecule has 29 heavy (non-hydrogen) atoms. The number of nitrogens with zero attached hydrogens (tertiary/aromatic N) is 4. The number of methoxy groups -OCH3 is 1. The standard InChI is InChI=1S/C20H15N5O4/c1-29-20(26)14-3-2-4-15(11-14)22-19-18(23-17-12-21-9-10-24(17)19)13-5-7-16(8-6-13)25(27)28/h2-12,22H,1H3. The molecule has 0 aliphatic heterocycles. The number of rotatable bonds is 5. The third-order valence-corrected chi connectivity index (χ3v) is 4.33. The van der Waals surface area contributed by atoms with Gasteiger partial charge in [-0.1, -0.05) is 6.07 Å². The van der Waals surface area contributed by atoms with E-state index in [0.717, 1.165) is 0 Å². The second kappa shape index (κ2) is 7.39. The minimum Gasteiger partial charge on any atom is -0.465 e. The van der Waals surface area contributed by atoms with Crippen LogP contribution >= 0.6 is 0 Å². The van der Waals surface area contributed by atoms with E-state index in [1.165, 1.54) is 19.2 Å². The van der Waals surface area contributed by atoms with Gasteiger partial charge in [0, 0.05) is 35.8 Å². The molecule has 0 spiro atoms. The summed E-state index contributed by atoms with van der Waals surface area (Å²) in [6.45, 7) is 0. The molecule has 0 amide bonds. The molecule has 0 saturated carbocycles. The van der Waals surface area contributed by atoms with Crippen molar-refractivity contribution >= 4 is 28.8 Å². The van der Waals surface area contributed by atoms with Gasteiger partial charge in [0.15, 0.2) is 5.65 Å². The summed E-state index contributed by atoms with van der Waals surface area (Å²) in [6, 6.07) is 13.0. The number of benzene rings is 2. The molecular weight excluding hydrogens is 374 g/mol. The number of hydrogen-bond donors (Lipinski definition) is 1. The smallest absolute Gasteiger partial charge is 0.337 e. The van der Waals surface area contributed by atoms with Gasteiger partial charge in [0.05, 0.1) is 23.8 Å². The van der Waals surface area contributed by atoms with Crippen LogP contribution in [0.2, 0.25) is 0 Å². The Kier molecular flexibility index (Phi) is 4.62. The molecule has 0 fully saturated rings. The monoisotopic (exact) mass is 389 g/mol. The fourth-order valence-corrected chi connectivity index (χ4v) is 2.95. The summed E-state index contributed by atoms with van der Waals surface area (Å²) in [5.74, 6) is 0.199. The molecule has 9 nitrogen and oxygen atoms in total. The summed E-state index contributed by atoms with van der Waals surface area (Å²) in [5.41, 5.74) is 2.97. The zero-order valence-corrected chi connectivity index (χ0v) is 15.3. The molecule has 1 N–H and O–H groups in total. The highest BCUT2D eigenvalue weighted by molar-refractivity contribution is 5.91. The number of aromatic nitrogens is 3. The third-order valence-electron chi connectivity index (χ3n) is 4.33. The summed E-state index contributed by atoms with van der Waals surface area (Å²) in [5, 5.41) is 14.2. The molecule has 0 unspecified atom stereocenters. The van der Waals surface area contributed by atoms with E-state index in [9.17, 15) is 14.9 Å². The van der Waals surface area contributed by atoms with Crippen LogP contribution in [0, 0.1) is 10.1 Å². The molecule has 9 heteroatoms. The van der Waals surface area contributed by atoms with Gasteiger partial charge < -0.3 is 10.1 Å². The fourth-order valence-electron chi connectivity index (χ4n) is 2.95. The number of carbonyl (C=O) groups is 1. The molecule has 0 aliphatic carbocycles. The lowest BCUT2D eigenvalue weighted by molar-refractivity contribution is -0.384. The molecule has 0 saturated heterocycles. The van der Waals surface area contributed by atoms with Crippen molar-refractivity contribution < 1.29 is 14.5 Å². The Balaban J connectivity index is 1.80. The topological polar surface area (TPSA) is 112 Å². The first-order valence-electron chi connectivity index (χ1n) is 8.59. The summed E-state index contributed by atoms with van der Waals surface area (Å²) >= 11 is 0. The van der Waals surface area contributed by atoms with Gasteiger partial charge in [0.2, 0.25) is 0 Å². The zero-order valence-electron chi connectivity index (χ0n) is 15.3. The summed E-state index contributed by atoms with van der Waals surface area (Å²) in [4.78, 5) is 31.0. The number of ether oxygens (including phenoxy) is 1. The van der Waals surface area contributed by atoms with Crippen LogP contribution in [0.3, 0.4) is 0 Å². The van der Waals surface area contributed by atoms with Crippen LogP contribution in [0.15, 0.2) is 67.1 Å². The Bertz CT molecular complexity index is 1220. The molecule has 0 radical (unpaired) electrons. The maximum absolute atomic E-state index is 11.8. The lowest BCUT2D eigenvalue weighted by Gasteiger charge is -2.10. The number of nitro groups is 1. The molecule has 4 rings (SSSR count). The van der Waals surface area contributed by atoms with Crippen LogP contribution in [0.4, 0.5) is 17.2 Å². The summed E-state index contributed by atoms with van der Waals surface area (Å²) in [6.07, 6.45) is 5.00. The second-order valence-corrected chi connectivity index (χ2v) is 6.11. The van der Waals surface area contributed by atoms with Crippen molar-refractivity contribution in [1.29, 1.82) is 0 Å². The molecule has 2 heterocycles. The average Bonchev–Trinajstić information content (AvgIpc) is 3.12. The minimum atomic E-state index is -0.450. The van der Waals surface area contributed by atoms with Crippen molar-refractivity contribution in [2.24, 2.45) is 0 Å². The number of esters is 1. The molecule has 144 valence electrons. The Morgan fingerprint density at radius 1 is 1.21 bits per heavy atom. The van der Waals surface area contributed by atoms with E-state index >= 15 is 0 Å². The van der Waals surface area contributed by atoms with Crippen molar-refractivity contribution in [1.82, 2.24) is 14.4 Å². The van der Waals surface area contributed by atoms with E-state index in [0.29, 0.717) is 34.0 Å². The van der Waals surface area contributed by atoms with E-state index in [-0.39, 0.29) is 5.69 Å². The number of fused-ring (bicyclic) bond motifs is 1. The molecule has 0 bridgehead atoms. The number of nitro benzene ring substituents is 1. The lowest BCUT2D eigenvalue weighted by Crippen LogP contribution is -2.03. The van der Waals surface area contributed by atoms with E-state index in [2.05, 4.69) is 15.3 Å². The van der Waals surface area contributed by atoms with Crippen LogP contribution in [-0.2, 0) is 4.74 Å². The molecule has 0 atom stereocenters. The minimum absolute atomic E-state index is 0.000491. The number of imidazole rings is 1. The lowest BCUT2D eigenvalue weighted by atomic mass is 10.1.